The molecule has 0 saturated carbocycles. The van der Waals surface area contributed by atoms with Crippen molar-refractivity contribution in [1.82, 2.24) is 0 Å². The Bertz CT molecular complexity index is 599. The molecule has 0 fully saturated rings. The van der Waals surface area contributed by atoms with E-state index in [1.54, 1.807) is 6.07 Å². The molecule has 2 aromatic carbocycles. The Kier molecular flexibility index (Phi) is 4.58. The molecule has 0 amide bonds. The van der Waals surface area contributed by atoms with E-state index in [1.807, 2.05) is 25.1 Å². The van der Waals surface area contributed by atoms with Crippen LogP contribution in [0.3, 0.4) is 0 Å². The average molecular weight is 346 g/mol. The summed E-state index contributed by atoms with van der Waals surface area (Å²) in [6, 6.07) is 9.92. The van der Waals surface area contributed by atoms with Gasteiger partial charge in [0.1, 0.15) is 0 Å². The minimum absolute atomic E-state index is 0.252. The van der Waals surface area contributed by atoms with Crippen molar-refractivity contribution in [2.75, 3.05) is 0 Å². The molecule has 0 aromatic heterocycles. The van der Waals surface area contributed by atoms with Crippen molar-refractivity contribution in [3.8, 4) is 0 Å². The first-order chi connectivity index (χ1) is 8.99. The van der Waals surface area contributed by atoms with Gasteiger partial charge in [-0.3, -0.25) is 0 Å². The van der Waals surface area contributed by atoms with Crippen LogP contribution in [0, 0.1) is 18.6 Å². The van der Waals surface area contributed by atoms with Gasteiger partial charge >= 0.3 is 0 Å². The van der Waals surface area contributed by atoms with Gasteiger partial charge in [0.05, 0.1) is 5.38 Å². The van der Waals surface area contributed by atoms with E-state index in [0.29, 0.717) is 5.56 Å². The van der Waals surface area contributed by atoms with Crippen LogP contribution in [0.25, 0.3) is 0 Å². The lowest BCUT2D eigenvalue weighted by Crippen LogP contribution is -2.02. The quantitative estimate of drug-likeness (QED) is 0.639. The summed E-state index contributed by atoms with van der Waals surface area (Å²) in [4.78, 5) is 0. The van der Waals surface area contributed by atoms with Crippen LogP contribution >= 0.6 is 27.5 Å². The van der Waals surface area contributed by atoms with Crippen molar-refractivity contribution < 1.29 is 8.78 Å². The topological polar surface area (TPSA) is 0 Å². The fraction of sp³-hybridized carbons (Fsp3) is 0.200. The van der Waals surface area contributed by atoms with Gasteiger partial charge < -0.3 is 0 Å². The molecule has 1 unspecified atom stereocenters. The number of aryl methyl sites for hydroxylation is 1. The number of rotatable bonds is 3. The van der Waals surface area contributed by atoms with Crippen molar-refractivity contribution >= 4 is 27.5 Å². The van der Waals surface area contributed by atoms with Crippen LogP contribution in [-0.2, 0) is 6.42 Å². The zero-order chi connectivity index (χ0) is 14.0. The summed E-state index contributed by atoms with van der Waals surface area (Å²) in [6.45, 7) is 1.94. The number of benzene rings is 2. The first kappa shape index (κ1) is 14.5. The van der Waals surface area contributed by atoms with Crippen molar-refractivity contribution in [1.29, 1.82) is 0 Å². The van der Waals surface area contributed by atoms with Gasteiger partial charge in [0.15, 0.2) is 11.6 Å². The molecular formula is C15H12BrClF2. The molecule has 2 rings (SSSR count). The van der Waals surface area contributed by atoms with Crippen LogP contribution < -0.4 is 0 Å². The van der Waals surface area contributed by atoms with E-state index in [9.17, 15) is 8.78 Å². The van der Waals surface area contributed by atoms with Gasteiger partial charge in [-0.1, -0.05) is 34.1 Å². The van der Waals surface area contributed by atoms with E-state index in [0.717, 1.165) is 21.7 Å². The van der Waals surface area contributed by atoms with Crippen molar-refractivity contribution in [2.24, 2.45) is 0 Å². The van der Waals surface area contributed by atoms with Crippen LogP contribution in [-0.4, -0.2) is 0 Å². The molecule has 19 heavy (non-hydrogen) atoms. The lowest BCUT2D eigenvalue weighted by molar-refractivity contribution is 0.498. The van der Waals surface area contributed by atoms with E-state index in [4.69, 9.17) is 11.6 Å². The van der Waals surface area contributed by atoms with Crippen molar-refractivity contribution in [2.45, 2.75) is 18.7 Å². The van der Waals surface area contributed by atoms with E-state index in [1.165, 1.54) is 6.07 Å². The zero-order valence-corrected chi connectivity index (χ0v) is 12.6. The van der Waals surface area contributed by atoms with Gasteiger partial charge in [-0.15, -0.1) is 11.6 Å². The standard InChI is InChI=1S/C15H12BrClF2/c1-9-5-6-11(16)8-12(9)13(17)7-10-3-2-4-14(18)15(10)19/h2-6,8,13H,7H2,1H3. The molecule has 0 radical (unpaired) electrons. The molecule has 100 valence electrons. The SMILES string of the molecule is Cc1ccc(Br)cc1C(Cl)Cc1cccc(F)c1F. The Hall–Kier alpha value is -0.930. The Labute approximate surface area is 124 Å². The van der Waals surface area contributed by atoms with E-state index in [2.05, 4.69) is 15.9 Å². The second-order valence-electron chi connectivity index (χ2n) is 4.39. The highest BCUT2D eigenvalue weighted by Crippen LogP contribution is 2.30. The molecule has 0 bridgehead atoms. The van der Waals surface area contributed by atoms with Crippen molar-refractivity contribution in [3.05, 3.63) is 69.2 Å². The normalized spacial score (nSPS) is 12.5. The molecule has 0 aliphatic carbocycles. The van der Waals surface area contributed by atoms with Crippen molar-refractivity contribution in [3.63, 3.8) is 0 Å². The summed E-state index contributed by atoms with van der Waals surface area (Å²) < 4.78 is 27.7. The van der Waals surface area contributed by atoms with Gasteiger partial charge in [0.25, 0.3) is 0 Å². The minimum atomic E-state index is -0.840. The molecule has 4 heteroatoms. The highest BCUT2D eigenvalue weighted by Gasteiger charge is 2.16. The molecule has 0 aliphatic heterocycles. The summed E-state index contributed by atoms with van der Waals surface area (Å²) in [5.41, 5.74) is 2.24. The molecule has 2 aromatic rings. The number of halogens is 4. The minimum Gasteiger partial charge on any atom is -0.204 e. The van der Waals surface area contributed by atoms with Gasteiger partial charge in [-0.05, 0) is 48.2 Å². The highest BCUT2D eigenvalue weighted by molar-refractivity contribution is 9.10. The lowest BCUT2D eigenvalue weighted by atomic mass is 10.00. The molecular weight excluding hydrogens is 334 g/mol. The van der Waals surface area contributed by atoms with E-state index < -0.39 is 17.0 Å². The Morgan fingerprint density at radius 2 is 1.95 bits per heavy atom. The zero-order valence-electron chi connectivity index (χ0n) is 10.3. The van der Waals surface area contributed by atoms with E-state index in [-0.39, 0.29) is 6.42 Å². The summed E-state index contributed by atoms with van der Waals surface area (Å²) in [6.07, 6.45) is 0.252. The Balaban J connectivity index is 2.28. The van der Waals surface area contributed by atoms with Gasteiger partial charge in [0, 0.05) is 4.47 Å². The Morgan fingerprint density at radius 1 is 1.21 bits per heavy atom. The average Bonchev–Trinajstić information content (AvgIpc) is 2.38. The summed E-state index contributed by atoms with van der Waals surface area (Å²) >= 11 is 9.72. The summed E-state index contributed by atoms with van der Waals surface area (Å²) in [5.74, 6) is -1.66. The largest absolute Gasteiger partial charge is 0.204 e. The molecule has 0 saturated heterocycles. The van der Waals surface area contributed by atoms with Gasteiger partial charge in [0.2, 0.25) is 0 Å². The third-order valence-corrected chi connectivity index (χ3v) is 3.89. The molecule has 1 atom stereocenters. The fourth-order valence-corrected chi connectivity index (χ4v) is 2.74. The fourth-order valence-electron chi connectivity index (χ4n) is 1.96. The number of alkyl halides is 1. The number of hydrogen-bond donors (Lipinski definition) is 0. The van der Waals surface area contributed by atoms with Crippen LogP contribution in [0.5, 0.6) is 0 Å². The second-order valence-corrected chi connectivity index (χ2v) is 5.83. The molecule has 0 N–H and O–H groups in total. The molecule has 0 aliphatic rings. The predicted molar refractivity (Wildman–Crippen MR) is 77.5 cm³/mol. The maximum atomic E-state index is 13.6. The maximum absolute atomic E-state index is 13.6. The summed E-state index contributed by atoms with van der Waals surface area (Å²) in [7, 11) is 0. The van der Waals surface area contributed by atoms with Crippen LogP contribution in [0.1, 0.15) is 22.1 Å². The monoisotopic (exact) mass is 344 g/mol. The van der Waals surface area contributed by atoms with E-state index >= 15 is 0 Å². The molecule has 0 heterocycles. The van der Waals surface area contributed by atoms with Gasteiger partial charge in [-0.25, -0.2) is 8.78 Å². The summed E-state index contributed by atoms with van der Waals surface area (Å²) in [5, 5.41) is -0.395. The smallest absolute Gasteiger partial charge is 0.162 e. The first-order valence-electron chi connectivity index (χ1n) is 5.82. The van der Waals surface area contributed by atoms with Crippen LogP contribution in [0.15, 0.2) is 40.9 Å². The molecule has 0 spiro atoms. The maximum Gasteiger partial charge on any atom is 0.162 e. The third kappa shape index (κ3) is 3.34. The van der Waals surface area contributed by atoms with Gasteiger partial charge in [-0.2, -0.15) is 0 Å². The predicted octanol–water partition coefficient (Wildman–Crippen LogP) is 5.56. The highest BCUT2D eigenvalue weighted by atomic mass is 79.9. The van der Waals surface area contributed by atoms with Crippen LogP contribution in [0.4, 0.5) is 8.78 Å². The number of hydrogen-bond acceptors (Lipinski definition) is 0. The lowest BCUT2D eigenvalue weighted by Gasteiger charge is -2.14. The third-order valence-electron chi connectivity index (χ3n) is 3.01. The Morgan fingerprint density at radius 3 is 2.68 bits per heavy atom. The second kappa shape index (κ2) is 6.02. The molecule has 0 nitrogen and oxygen atoms in total. The first-order valence-corrected chi connectivity index (χ1v) is 7.05. The van der Waals surface area contributed by atoms with Crippen LogP contribution in [0.2, 0.25) is 0 Å².